The van der Waals surface area contributed by atoms with Gasteiger partial charge in [-0.15, -0.1) is 0 Å². The van der Waals surface area contributed by atoms with Gasteiger partial charge in [-0.1, -0.05) is 0 Å². The van der Waals surface area contributed by atoms with Gasteiger partial charge in [0.2, 0.25) is 5.89 Å². The zero-order chi connectivity index (χ0) is 13.2. The summed E-state index contributed by atoms with van der Waals surface area (Å²) in [7, 11) is 0. The highest BCUT2D eigenvalue weighted by atomic mass is 19.1. The second-order valence-corrected chi connectivity index (χ2v) is 4.76. The molecule has 2 aromatic rings. The van der Waals surface area contributed by atoms with Gasteiger partial charge in [0.25, 0.3) is 0 Å². The topological polar surface area (TPSA) is 58.3 Å². The Hall–Kier alpha value is -1.88. The van der Waals surface area contributed by atoms with Crippen LogP contribution in [-0.4, -0.2) is 23.2 Å². The van der Waals surface area contributed by atoms with Gasteiger partial charge in [0, 0.05) is 12.0 Å². The average molecular weight is 262 g/mol. The van der Waals surface area contributed by atoms with Gasteiger partial charge in [-0.05, 0) is 38.1 Å². The number of phenolic OH excluding ortho intramolecular Hbond substituents is 1. The summed E-state index contributed by atoms with van der Waals surface area (Å²) in [4.78, 5) is 4.14. The second kappa shape index (κ2) is 5.01. The third kappa shape index (κ3) is 2.46. The molecule has 2 heterocycles. The lowest BCUT2D eigenvalue weighted by Gasteiger charge is -2.19. The molecule has 19 heavy (non-hydrogen) atoms. The number of halogens is 1. The van der Waals surface area contributed by atoms with Gasteiger partial charge >= 0.3 is 0 Å². The first kappa shape index (κ1) is 12.2. The van der Waals surface area contributed by atoms with Crippen molar-refractivity contribution in [2.24, 2.45) is 0 Å². The first-order chi connectivity index (χ1) is 9.24. The SMILES string of the molecule is Oc1ccc(-c2ncc(C3CCNCC3)o2)c(F)c1. The van der Waals surface area contributed by atoms with Gasteiger partial charge in [-0.25, -0.2) is 9.37 Å². The molecular weight excluding hydrogens is 247 g/mol. The Morgan fingerprint density at radius 1 is 1.32 bits per heavy atom. The Morgan fingerprint density at radius 3 is 2.84 bits per heavy atom. The van der Waals surface area contributed by atoms with Crippen LogP contribution in [0.15, 0.2) is 28.8 Å². The van der Waals surface area contributed by atoms with Crippen LogP contribution < -0.4 is 5.32 Å². The van der Waals surface area contributed by atoms with Crippen molar-refractivity contribution in [2.45, 2.75) is 18.8 Å². The molecule has 1 saturated heterocycles. The van der Waals surface area contributed by atoms with Gasteiger partial charge in [-0.3, -0.25) is 0 Å². The highest BCUT2D eigenvalue weighted by Crippen LogP contribution is 2.30. The summed E-state index contributed by atoms with van der Waals surface area (Å²) in [5.74, 6) is 0.794. The van der Waals surface area contributed by atoms with E-state index in [0.717, 1.165) is 37.8 Å². The molecular formula is C14H15FN2O2. The Kier molecular flexibility index (Phi) is 3.21. The first-order valence-corrected chi connectivity index (χ1v) is 6.39. The summed E-state index contributed by atoms with van der Waals surface area (Å²) in [6.45, 7) is 1.93. The molecule has 1 aromatic carbocycles. The van der Waals surface area contributed by atoms with Crippen LogP contribution in [0.4, 0.5) is 4.39 Å². The number of nitrogens with zero attached hydrogens (tertiary/aromatic N) is 1. The lowest BCUT2D eigenvalue weighted by molar-refractivity contribution is 0.389. The van der Waals surface area contributed by atoms with E-state index in [1.165, 1.54) is 12.1 Å². The predicted octanol–water partition coefficient (Wildman–Crippen LogP) is 2.65. The standard InChI is InChI=1S/C14H15FN2O2/c15-12-7-10(18)1-2-11(12)14-17-8-13(19-14)9-3-5-16-6-4-9/h1-2,7-9,16,18H,3-6H2. The Morgan fingerprint density at radius 2 is 2.11 bits per heavy atom. The fraction of sp³-hybridized carbons (Fsp3) is 0.357. The monoisotopic (exact) mass is 262 g/mol. The minimum atomic E-state index is -0.529. The molecule has 0 aliphatic carbocycles. The maximum atomic E-state index is 13.7. The lowest BCUT2D eigenvalue weighted by atomic mass is 9.96. The number of hydrogen-bond donors (Lipinski definition) is 2. The molecule has 0 spiro atoms. The molecule has 3 rings (SSSR count). The van der Waals surface area contributed by atoms with E-state index in [1.807, 2.05) is 0 Å². The van der Waals surface area contributed by atoms with Crippen molar-refractivity contribution in [1.29, 1.82) is 0 Å². The third-order valence-electron chi connectivity index (χ3n) is 3.45. The summed E-state index contributed by atoms with van der Waals surface area (Å²) < 4.78 is 19.4. The van der Waals surface area contributed by atoms with Gasteiger partial charge in [-0.2, -0.15) is 0 Å². The molecule has 0 radical (unpaired) electrons. The number of nitrogens with one attached hydrogen (secondary N) is 1. The molecule has 0 bridgehead atoms. The van der Waals surface area contributed by atoms with E-state index in [0.29, 0.717) is 5.92 Å². The molecule has 4 nitrogen and oxygen atoms in total. The van der Waals surface area contributed by atoms with E-state index < -0.39 is 5.82 Å². The summed E-state index contributed by atoms with van der Waals surface area (Å²) in [5, 5.41) is 12.5. The highest BCUT2D eigenvalue weighted by Gasteiger charge is 2.20. The van der Waals surface area contributed by atoms with Crippen LogP contribution in [0.2, 0.25) is 0 Å². The van der Waals surface area contributed by atoms with Crippen LogP contribution in [0.5, 0.6) is 5.75 Å². The number of oxazole rings is 1. The number of piperidine rings is 1. The average Bonchev–Trinajstić information content (AvgIpc) is 2.89. The molecule has 1 aromatic heterocycles. The molecule has 2 N–H and O–H groups in total. The van der Waals surface area contributed by atoms with Crippen LogP contribution in [0.3, 0.4) is 0 Å². The lowest BCUT2D eigenvalue weighted by Crippen LogP contribution is -2.26. The highest BCUT2D eigenvalue weighted by molar-refractivity contribution is 5.55. The quantitative estimate of drug-likeness (QED) is 0.873. The Balaban J connectivity index is 1.87. The first-order valence-electron chi connectivity index (χ1n) is 6.39. The van der Waals surface area contributed by atoms with Crippen molar-refractivity contribution in [3.05, 3.63) is 36.0 Å². The molecule has 1 aliphatic rings. The maximum Gasteiger partial charge on any atom is 0.229 e. The molecule has 5 heteroatoms. The minimum Gasteiger partial charge on any atom is -0.508 e. The van der Waals surface area contributed by atoms with Gasteiger partial charge in [0.1, 0.15) is 17.3 Å². The predicted molar refractivity (Wildman–Crippen MR) is 68.4 cm³/mol. The molecule has 100 valence electrons. The van der Waals surface area contributed by atoms with Gasteiger partial charge < -0.3 is 14.8 Å². The van der Waals surface area contributed by atoms with Gasteiger partial charge in [0.05, 0.1) is 11.8 Å². The number of rotatable bonds is 2. The normalized spacial score (nSPS) is 16.7. The van der Waals surface area contributed by atoms with Crippen LogP contribution in [0.1, 0.15) is 24.5 Å². The molecule has 0 amide bonds. The number of benzene rings is 1. The zero-order valence-electron chi connectivity index (χ0n) is 10.4. The van der Waals surface area contributed by atoms with Crippen molar-refractivity contribution < 1.29 is 13.9 Å². The Labute approximate surface area is 110 Å². The smallest absolute Gasteiger partial charge is 0.229 e. The van der Waals surface area contributed by atoms with E-state index in [4.69, 9.17) is 4.42 Å². The van der Waals surface area contributed by atoms with Crippen molar-refractivity contribution >= 4 is 0 Å². The summed E-state index contributed by atoms with van der Waals surface area (Å²) in [5.41, 5.74) is 0.276. The van der Waals surface area contributed by atoms with Crippen LogP contribution in [-0.2, 0) is 0 Å². The number of phenols is 1. The molecule has 1 aliphatic heterocycles. The minimum absolute atomic E-state index is 0.105. The van der Waals surface area contributed by atoms with E-state index in [2.05, 4.69) is 10.3 Å². The Bertz CT molecular complexity index is 577. The van der Waals surface area contributed by atoms with Crippen LogP contribution >= 0.6 is 0 Å². The van der Waals surface area contributed by atoms with Crippen molar-refractivity contribution in [2.75, 3.05) is 13.1 Å². The number of aromatic hydroxyl groups is 1. The number of aromatic nitrogens is 1. The van der Waals surface area contributed by atoms with Crippen molar-refractivity contribution in [1.82, 2.24) is 10.3 Å². The molecule has 0 atom stereocenters. The summed E-state index contributed by atoms with van der Waals surface area (Å²) >= 11 is 0. The van der Waals surface area contributed by atoms with Crippen molar-refractivity contribution in [3.8, 4) is 17.2 Å². The zero-order valence-corrected chi connectivity index (χ0v) is 10.4. The second-order valence-electron chi connectivity index (χ2n) is 4.76. The fourth-order valence-corrected chi connectivity index (χ4v) is 2.38. The summed E-state index contributed by atoms with van der Waals surface area (Å²) in [6.07, 6.45) is 3.69. The van der Waals surface area contributed by atoms with Crippen LogP contribution in [0.25, 0.3) is 11.5 Å². The third-order valence-corrected chi connectivity index (χ3v) is 3.45. The van der Waals surface area contributed by atoms with Crippen molar-refractivity contribution in [3.63, 3.8) is 0 Å². The molecule has 0 saturated carbocycles. The largest absolute Gasteiger partial charge is 0.508 e. The molecule has 0 unspecified atom stereocenters. The van der Waals surface area contributed by atoms with E-state index in [9.17, 15) is 9.50 Å². The number of hydrogen-bond acceptors (Lipinski definition) is 4. The van der Waals surface area contributed by atoms with E-state index >= 15 is 0 Å². The van der Waals surface area contributed by atoms with E-state index in [1.54, 1.807) is 6.20 Å². The van der Waals surface area contributed by atoms with Gasteiger partial charge in [0.15, 0.2) is 0 Å². The summed E-state index contributed by atoms with van der Waals surface area (Å²) in [6, 6.07) is 3.96. The molecule has 1 fully saturated rings. The van der Waals surface area contributed by atoms with E-state index in [-0.39, 0.29) is 17.2 Å². The fourth-order valence-electron chi connectivity index (χ4n) is 2.38. The van der Waals surface area contributed by atoms with Crippen LogP contribution in [0, 0.1) is 5.82 Å². The maximum absolute atomic E-state index is 13.7.